The first kappa shape index (κ1) is 20.8. The monoisotopic (exact) mass is 417 g/mol. The van der Waals surface area contributed by atoms with E-state index in [-0.39, 0.29) is 33.6 Å². The van der Waals surface area contributed by atoms with Crippen molar-refractivity contribution in [2.45, 2.75) is 11.9 Å². The molecule has 3 rings (SSSR count). The molecule has 3 N–H and O–H groups in total. The van der Waals surface area contributed by atoms with Crippen molar-refractivity contribution in [3.63, 3.8) is 0 Å². The van der Waals surface area contributed by atoms with Crippen molar-refractivity contribution in [1.82, 2.24) is 4.98 Å². The molecule has 1 heterocycles. The molecule has 0 aliphatic heterocycles. The Hall–Kier alpha value is -3.88. The molecule has 3 aromatic rings. The van der Waals surface area contributed by atoms with Crippen LogP contribution in [0, 0.1) is 35.4 Å². The van der Waals surface area contributed by atoms with Gasteiger partial charge in [0, 0.05) is 11.3 Å². The SMILES string of the molecule is Cc1ccc(-c2c(C#N)c(N)nc(SCC(=O)Nc3ccc(F)cc3)c2C#N)cc1. The number of benzene rings is 2. The van der Waals surface area contributed by atoms with Gasteiger partial charge in [-0.3, -0.25) is 4.79 Å². The first-order chi connectivity index (χ1) is 14.4. The van der Waals surface area contributed by atoms with Crippen molar-refractivity contribution < 1.29 is 9.18 Å². The van der Waals surface area contributed by atoms with Gasteiger partial charge in [-0.25, -0.2) is 9.37 Å². The lowest BCUT2D eigenvalue weighted by Crippen LogP contribution is -2.14. The van der Waals surface area contributed by atoms with Gasteiger partial charge in [-0.05, 0) is 36.8 Å². The molecule has 6 nitrogen and oxygen atoms in total. The zero-order valence-electron chi connectivity index (χ0n) is 15.9. The van der Waals surface area contributed by atoms with Gasteiger partial charge < -0.3 is 11.1 Å². The molecule has 0 unspecified atom stereocenters. The maximum absolute atomic E-state index is 13.0. The molecule has 148 valence electrons. The Labute approximate surface area is 177 Å². The van der Waals surface area contributed by atoms with Crippen LogP contribution in [-0.4, -0.2) is 16.6 Å². The number of carbonyl (C=O) groups excluding carboxylic acids is 1. The van der Waals surface area contributed by atoms with E-state index < -0.39 is 5.82 Å². The summed E-state index contributed by atoms with van der Waals surface area (Å²) in [6.07, 6.45) is 0. The van der Waals surface area contributed by atoms with Crippen molar-refractivity contribution in [3.05, 3.63) is 71.0 Å². The number of pyridine rings is 1. The number of nitrogens with two attached hydrogens (primary N) is 1. The Morgan fingerprint density at radius 2 is 1.73 bits per heavy atom. The fourth-order valence-corrected chi connectivity index (χ4v) is 3.57. The second-order valence-electron chi connectivity index (χ2n) is 6.36. The molecule has 0 saturated heterocycles. The molecule has 30 heavy (non-hydrogen) atoms. The van der Waals surface area contributed by atoms with Crippen molar-refractivity contribution in [2.75, 3.05) is 16.8 Å². The number of thioether (sulfide) groups is 1. The first-order valence-corrected chi connectivity index (χ1v) is 9.80. The average Bonchev–Trinajstić information content (AvgIpc) is 2.74. The minimum absolute atomic E-state index is 0.00600. The summed E-state index contributed by atoms with van der Waals surface area (Å²) < 4.78 is 13.0. The molecule has 0 fully saturated rings. The number of nitrogen functional groups attached to an aromatic ring is 1. The van der Waals surface area contributed by atoms with Gasteiger partial charge in [-0.15, -0.1) is 0 Å². The summed E-state index contributed by atoms with van der Waals surface area (Å²) in [4.78, 5) is 16.4. The molecule has 0 radical (unpaired) electrons. The number of rotatable bonds is 5. The maximum atomic E-state index is 13.0. The summed E-state index contributed by atoms with van der Waals surface area (Å²) in [5.74, 6) is -0.801. The third kappa shape index (κ3) is 4.57. The van der Waals surface area contributed by atoms with E-state index in [0.717, 1.165) is 17.3 Å². The molecule has 0 saturated carbocycles. The summed E-state index contributed by atoms with van der Waals surface area (Å²) in [5.41, 5.74) is 8.83. The van der Waals surface area contributed by atoms with Crippen LogP contribution in [0.25, 0.3) is 11.1 Å². The zero-order chi connectivity index (χ0) is 21.7. The van der Waals surface area contributed by atoms with Crippen LogP contribution in [0.3, 0.4) is 0 Å². The van der Waals surface area contributed by atoms with E-state index in [0.29, 0.717) is 16.8 Å². The smallest absolute Gasteiger partial charge is 0.234 e. The molecule has 0 atom stereocenters. The second kappa shape index (κ2) is 9.08. The number of carbonyl (C=O) groups is 1. The Kier molecular flexibility index (Phi) is 6.31. The van der Waals surface area contributed by atoms with Crippen LogP contribution in [-0.2, 0) is 4.79 Å². The van der Waals surface area contributed by atoms with Crippen LogP contribution in [0.4, 0.5) is 15.9 Å². The number of nitrogens with one attached hydrogen (secondary N) is 1. The van der Waals surface area contributed by atoms with E-state index >= 15 is 0 Å². The Bertz CT molecular complexity index is 1180. The second-order valence-corrected chi connectivity index (χ2v) is 7.32. The largest absolute Gasteiger partial charge is 0.383 e. The molecule has 2 aromatic carbocycles. The molecular weight excluding hydrogens is 401 g/mol. The Balaban J connectivity index is 1.90. The minimum Gasteiger partial charge on any atom is -0.383 e. The lowest BCUT2D eigenvalue weighted by Gasteiger charge is -2.13. The number of nitriles is 2. The first-order valence-electron chi connectivity index (χ1n) is 8.82. The third-order valence-electron chi connectivity index (χ3n) is 4.22. The van der Waals surface area contributed by atoms with Gasteiger partial charge in [-0.1, -0.05) is 41.6 Å². The molecule has 8 heteroatoms. The highest BCUT2D eigenvalue weighted by Gasteiger charge is 2.21. The third-order valence-corrected chi connectivity index (χ3v) is 5.20. The van der Waals surface area contributed by atoms with Crippen molar-refractivity contribution >= 4 is 29.2 Å². The van der Waals surface area contributed by atoms with Crippen LogP contribution < -0.4 is 11.1 Å². The standard InChI is InChI=1S/C22H16FN5OS/c1-13-2-4-14(5-3-13)20-17(10-24)21(26)28-22(18(20)11-25)30-12-19(29)27-16-8-6-15(23)7-9-16/h2-9H,12H2,1H3,(H2,26,28)(H,27,29). The van der Waals surface area contributed by atoms with Crippen molar-refractivity contribution in [1.29, 1.82) is 10.5 Å². The summed E-state index contributed by atoms with van der Waals surface area (Å²) in [7, 11) is 0. The summed E-state index contributed by atoms with van der Waals surface area (Å²) >= 11 is 1.04. The lowest BCUT2D eigenvalue weighted by molar-refractivity contribution is -0.113. The average molecular weight is 417 g/mol. The van der Waals surface area contributed by atoms with Gasteiger partial charge in [0.05, 0.1) is 11.3 Å². The van der Waals surface area contributed by atoms with Crippen LogP contribution in [0.2, 0.25) is 0 Å². The van der Waals surface area contributed by atoms with E-state index in [1.807, 2.05) is 37.3 Å². The van der Waals surface area contributed by atoms with E-state index in [2.05, 4.69) is 16.4 Å². The number of aromatic nitrogens is 1. The molecule has 0 aliphatic carbocycles. The molecule has 0 aliphatic rings. The van der Waals surface area contributed by atoms with Gasteiger partial charge in [0.25, 0.3) is 0 Å². The summed E-state index contributed by atoms with van der Waals surface area (Å²) in [6.45, 7) is 1.93. The lowest BCUT2D eigenvalue weighted by atomic mass is 9.96. The van der Waals surface area contributed by atoms with Crippen molar-refractivity contribution in [2.24, 2.45) is 0 Å². The number of hydrogen-bond donors (Lipinski definition) is 2. The minimum atomic E-state index is -0.401. The highest BCUT2D eigenvalue weighted by Crippen LogP contribution is 2.35. The number of halogens is 1. The molecule has 0 spiro atoms. The van der Waals surface area contributed by atoms with Gasteiger partial charge in [0.2, 0.25) is 5.91 Å². The number of aryl methyl sites for hydroxylation is 1. The quantitative estimate of drug-likeness (QED) is 0.600. The molecule has 1 amide bonds. The fourth-order valence-electron chi connectivity index (χ4n) is 2.78. The number of nitrogens with zero attached hydrogens (tertiary/aromatic N) is 3. The number of amides is 1. The number of hydrogen-bond acceptors (Lipinski definition) is 6. The van der Waals surface area contributed by atoms with E-state index in [9.17, 15) is 19.7 Å². The molecular formula is C22H16FN5OS. The Morgan fingerprint density at radius 3 is 2.33 bits per heavy atom. The summed E-state index contributed by atoms with van der Waals surface area (Å²) in [5, 5.41) is 22.2. The fraction of sp³-hybridized carbons (Fsp3) is 0.0909. The topological polar surface area (TPSA) is 116 Å². The zero-order valence-corrected chi connectivity index (χ0v) is 16.8. The van der Waals surface area contributed by atoms with Crippen LogP contribution in [0.15, 0.2) is 53.6 Å². The van der Waals surface area contributed by atoms with Gasteiger partial charge >= 0.3 is 0 Å². The van der Waals surface area contributed by atoms with E-state index in [4.69, 9.17) is 5.73 Å². The number of anilines is 2. The van der Waals surface area contributed by atoms with Crippen LogP contribution >= 0.6 is 11.8 Å². The maximum Gasteiger partial charge on any atom is 0.234 e. The van der Waals surface area contributed by atoms with Crippen LogP contribution in [0.1, 0.15) is 16.7 Å². The highest BCUT2D eigenvalue weighted by atomic mass is 32.2. The molecule has 1 aromatic heterocycles. The Morgan fingerprint density at radius 1 is 1.10 bits per heavy atom. The van der Waals surface area contributed by atoms with Crippen LogP contribution in [0.5, 0.6) is 0 Å². The van der Waals surface area contributed by atoms with Gasteiger partial charge in [-0.2, -0.15) is 10.5 Å². The normalized spacial score (nSPS) is 10.1. The molecule has 0 bridgehead atoms. The van der Waals surface area contributed by atoms with Gasteiger partial charge in [0.15, 0.2) is 0 Å². The predicted molar refractivity (Wildman–Crippen MR) is 114 cm³/mol. The summed E-state index contributed by atoms with van der Waals surface area (Å²) in [6, 6.07) is 16.9. The van der Waals surface area contributed by atoms with E-state index in [1.54, 1.807) is 0 Å². The van der Waals surface area contributed by atoms with Gasteiger partial charge in [0.1, 0.15) is 34.4 Å². The predicted octanol–water partition coefficient (Wildman–Crippen LogP) is 4.25. The van der Waals surface area contributed by atoms with Crippen molar-refractivity contribution in [3.8, 4) is 23.3 Å². The highest BCUT2D eigenvalue weighted by molar-refractivity contribution is 8.00. The van der Waals surface area contributed by atoms with E-state index in [1.165, 1.54) is 24.3 Å².